The first kappa shape index (κ1) is 18.9. The second kappa shape index (κ2) is 7.89. The Morgan fingerprint density at radius 2 is 1.90 bits per heavy atom. The fourth-order valence-corrected chi connectivity index (χ4v) is 3.72. The summed E-state index contributed by atoms with van der Waals surface area (Å²) in [5.74, 6) is -0.758. The Balaban J connectivity index is 1.51. The zero-order chi connectivity index (χ0) is 20.4. The molecule has 3 aromatic rings. The molecule has 1 unspecified atom stereocenters. The van der Waals surface area contributed by atoms with Crippen molar-refractivity contribution in [1.29, 1.82) is 0 Å². The number of fused-ring (bicyclic) bond motifs is 1. The molecule has 4 rings (SSSR count). The molecule has 0 radical (unpaired) electrons. The number of rotatable bonds is 4. The Bertz CT molecular complexity index is 1060. The highest BCUT2D eigenvalue weighted by Crippen LogP contribution is 2.31. The van der Waals surface area contributed by atoms with E-state index in [1.807, 2.05) is 37.3 Å². The van der Waals surface area contributed by atoms with E-state index in [9.17, 15) is 9.59 Å². The number of hydrogen-bond donors (Lipinski definition) is 4. The van der Waals surface area contributed by atoms with Crippen LogP contribution in [0, 0.1) is 6.92 Å². The summed E-state index contributed by atoms with van der Waals surface area (Å²) < 4.78 is 0. The second-order valence-electron chi connectivity index (χ2n) is 7.31. The molecule has 7 heteroatoms. The van der Waals surface area contributed by atoms with Crippen LogP contribution in [-0.4, -0.2) is 27.2 Å². The van der Waals surface area contributed by atoms with E-state index in [1.54, 1.807) is 23.7 Å². The van der Waals surface area contributed by atoms with Crippen LogP contribution in [0.4, 0.5) is 0 Å². The van der Waals surface area contributed by atoms with Crippen molar-refractivity contribution in [1.82, 2.24) is 21.0 Å². The van der Waals surface area contributed by atoms with Crippen LogP contribution in [-0.2, 0) is 6.42 Å². The number of benzene rings is 2. The smallest absolute Gasteiger partial charge is 0.274 e. The number of hydroxylamine groups is 1. The Kier molecular flexibility index (Phi) is 5.14. The van der Waals surface area contributed by atoms with E-state index in [1.165, 1.54) is 0 Å². The number of amides is 2. The topological polar surface area (TPSA) is 107 Å². The fraction of sp³-hybridized carbons (Fsp3) is 0.227. The van der Waals surface area contributed by atoms with Gasteiger partial charge >= 0.3 is 0 Å². The Labute approximate surface area is 168 Å². The highest BCUT2D eigenvalue weighted by Gasteiger charge is 2.24. The molecule has 0 bridgehead atoms. The van der Waals surface area contributed by atoms with Crippen molar-refractivity contribution in [3.63, 3.8) is 0 Å². The number of aromatic nitrogens is 2. The maximum Gasteiger partial charge on any atom is 0.274 e. The number of H-pyrrole nitrogens is 1. The maximum absolute atomic E-state index is 12.8. The van der Waals surface area contributed by atoms with Gasteiger partial charge < -0.3 is 5.32 Å². The maximum atomic E-state index is 12.8. The molecule has 1 heterocycles. The van der Waals surface area contributed by atoms with Crippen molar-refractivity contribution < 1.29 is 14.8 Å². The SMILES string of the molecule is Cc1ccc(-c2cc(C(=O)NC3CCCc4cc(C(=O)NO)ccc43)[nH]n2)cc1. The summed E-state index contributed by atoms with van der Waals surface area (Å²) in [5, 5.41) is 19.0. The van der Waals surface area contributed by atoms with Crippen LogP contribution in [0.5, 0.6) is 0 Å². The lowest BCUT2D eigenvalue weighted by Gasteiger charge is -2.26. The standard InChI is InChI=1S/C22H22N4O3/c1-13-5-7-14(8-6-13)19-12-20(25-24-19)22(28)23-18-4-2-3-15-11-16(21(27)26-29)9-10-17(15)18/h5-12,18,29H,2-4H2,1H3,(H,23,28)(H,24,25)(H,26,27). The van der Waals surface area contributed by atoms with Crippen LogP contribution in [0.2, 0.25) is 0 Å². The second-order valence-corrected chi connectivity index (χ2v) is 7.31. The monoisotopic (exact) mass is 390 g/mol. The molecule has 0 saturated heterocycles. The van der Waals surface area contributed by atoms with Gasteiger partial charge in [0.1, 0.15) is 5.69 Å². The average Bonchev–Trinajstić information content (AvgIpc) is 3.24. The van der Waals surface area contributed by atoms with Crippen LogP contribution in [0.25, 0.3) is 11.3 Å². The number of aryl methyl sites for hydroxylation is 2. The van der Waals surface area contributed by atoms with Crippen molar-refractivity contribution in [2.45, 2.75) is 32.2 Å². The van der Waals surface area contributed by atoms with Crippen molar-refractivity contribution in [3.8, 4) is 11.3 Å². The summed E-state index contributed by atoms with van der Waals surface area (Å²) in [5.41, 5.74) is 7.29. The summed E-state index contributed by atoms with van der Waals surface area (Å²) in [6.07, 6.45) is 2.55. The van der Waals surface area contributed by atoms with Gasteiger partial charge in [0.25, 0.3) is 11.8 Å². The van der Waals surface area contributed by atoms with Gasteiger partial charge in [-0.25, -0.2) is 5.48 Å². The third-order valence-corrected chi connectivity index (χ3v) is 5.30. The van der Waals surface area contributed by atoms with Gasteiger partial charge in [0.05, 0.1) is 11.7 Å². The highest BCUT2D eigenvalue weighted by molar-refractivity contribution is 5.94. The molecule has 7 nitrogen and oxygen atoms in total. The van der Waals surface area contributed by atoms with Gasteiger partial charge in [-0.2, -0.15) is 5.10 Å². The number of carbonyl (C=O) groups excluding carboxylic acids is 2. The first-order chi connectivity index (χ1) is 14.0. The molecule has 148 valence electrons. The molecule has 29 heavy (non-hydrogen) atoms. The number of aromatic amines is 1. The van der Waals surface area contributed by atoms with Crippen LogP contribution >= 0.6 is 0 Å². The van der Waals surface area contributed by atoms with Crippen molar-refractivity contribution in [2.75, 3.05) is 0 Å². The molecule has 0 spiro atoms. The zero-order valence-corrected chi connectivity index (χ0v) is 16.0. The summed E-state index contributed by atoms with van der Waals surface area (Å²) in [4.78, 5) is 24.4. The van der Waals surface area contributed by atoms with Crippen LogP contribution < -0.4 is 10.8 Å². The molecule has 1 aromatic heterocycles. The molecule has 1 aliphatic rings. The minimum Gasteiger partial charge on any atom is -0.344 e. The molecular formula is C22H22N4O3. The first-order valence-corrected chi connectivity index (χ1v) is 9.55. The van der Waals surface area contributed by atoms with Gasteiger partial charge in [-0.3, -0.25) is 19.9 Å². The summed E-state index contributed by atoms with van der Waals surface area (Å²) in [6.45, 7) is 2.02. The van der Waals surface area contributed by atoms with Gasteiger partial charge in [0, 0.05) is 11.1 Å². The average molecular weight is 390 g/mol. The van der Waals surface area contributed by atoms with E-state index in [0.29, 0.717) is 11.3 Å². The third-order valence-electron chi connectivity index (χ3n) is 5.30. The van der Waals surface area contributed by atoms with Gasteiger partial charge in [-0.15, -0.1) is 0 Å². The van der Waals surface area contributed by atoms with Crippen LogP contribution in [0.15, 0.2) is 48.5 Å². The quantitative estimate of drug-likeness (QED) is 0.405. The van der Waals surface area contributed by atoms with E-state index in [0.717, 1.165) is 47.2 Å². The molecular weight excluding hydrogens is 368 g/mol. The molecule has 4 N–H and O–H groups in total. The highest BCUT2D eigenvalue weighted by atomic mass is 16.5. The summed E-state index contributed by atoms with van der Waals surface area (Å²) >= 11 is 0. The van der Waals surface area contributed by atoms with E-state index in [2.05, 4.69) is 15.5 Å². The van der Waals surface area contributed by atoms with Crippen molar-refractivity contribution in [3.05, 3.63) is 76.5 Å². The van der Waals surface area contributed by atoms with Gasteiger partial charge in [-0.1, -0.05) is 35.9 Å². The third kappa shape index (κ3) is 3.90. The number of carbonyl (C=O) groups is 2. The minimum absolute atomic E-state index is 0.136. The zero-order valence-electron chi connectivity index (χ0n) is 16.0. The van der Waals surface area contributed by atoms with E-state index in [-0.39, 0.29) is 11.9 Å². The Hall–Kier alpha value is -3.45. The van der Waals surface area contributed by atoms with Crippen LogP contribution in [0.1, 0.15) is 56.4 Å². The lowest BCUT2D eigenvalue weighted by Crippen LogP contribution is -2.31. The van der Waals surface area contributed by atoms with Gasteiger partial charge in [-0.05, 0) is 55.5 Å². The number of hydrogen-bond acceptors (Lipinski definition) is 4. The predicted octanol–water partition coefficient (Wildman–Crippen LogP) is 3.31. The van der Waals surface area contributed by atoms with Gasteiger partial charge in [0.2, 0.25) is 0 Å². The summed E-state index contributed by atoms with van der Waals surface area (Å²) in [6, 6.07) is 14.8. The fourth-order valence-electron chi connectivity index (χ4n) is 3.72. The molecule has 1 aliphatic carbocycles. The van der Waals surface area contributed by atoms with Crippen molar-refractivity contribution >= 4 is 11.8 Å². The van der Waals surface area contributed by atoms with E-state index < -0.39 is 5.91 Å². The first-order valence-electron chi connectivity index (χ1n) is 9.55. The minimum atomic E-state index is -0.542. The van der Waals surface area contributed by atoms with E-state index in [4.69, 9.17) is 5.21 Å². The molecule has 0 fully saturated rings. The van der Waals surface area contributed by atoms with Gasteiger partial charge in [0.15, 0.2) is 0 Å². The predicted molar refractivity (Wildman–Crippen MR) is 108 cm³/mol. The molecule has 2 amide bonds. The lowest BCUT2D eigenvalue weighted by molar-refractivity contribution is 0.0706. The normalized spacial score (nSPS) is 15.4. The molecule has 0 aliphatic heterocycles. The largest absolute Gasteiger partial charge is 0.344 e. The van der Waals surface area contributed by atoms with Crippen LogP contribution in [0.3, 0.4) is 0 Å². The molecule has 2 aromatic carbocycles. The molecule has 1 atom stereocenters. The number of nitrogens with one attached hydrogen (secondary N) is 3. The lowest BCUT2D eigenvalue weighted by atomic mass is 9.86. The molecule has 0 saturated carbocycles. The number of nitrogens with zero attached hydrogens (tertiary/aromatic N) is 1. The van der Waals surface area contributed by atoms with E-state index >= 15 is 0 Å². The Morgan fingerprint density at radius 3 is 2.66 bits per heavy atom. The Morgan fingerprint density at radius 1 is 1.10 bits per heavy atom. The summed E-state index contributed by atoms with van der Waals surface area (Å²) in [7, 11) is 0. The van der Waals surface area contributed by atoms with Crippen molar-refractivity contribution in [2.24, 2.45) is 0 Å².